The lowest BCUT2D eigenvalue weighted by atomic mass is 10.0. The van der Waals surface area contributed by atoms with E-state index in [1.54, 1.807) is 11.3 Å². The third-order valence-corrected chi connectivity index (χ3v) is 5.29. The van der Waals surface area contributed by atoms with Gasteiger partial charge in [-0.05, 0) is 40.6 Å². The number of nitrogens with one attached hydrogen (secondary N) is 1. The Labute approximate surface area is 162 Å². The lowest BCUT2D eigenvalue weighted by Gasteiger charge is -2.15. The largest absolute Gasteiger partial charge is 0.492 e. The summed E-state index contributed by atoms with van der Waals surface area (Å²) in [7, 11) is 0. The summed E-state index contributed by atoms with van der Waals surface area (Å²) >= 11 is 1.55. The van der Waals surface area contributed by atoms with Crippen LogP contribution < -0.4 is 10.3 Å². The third-order valence-electron chi connectivity index (χ3n) is 4.40. The van der Waals surface area contributed by atoms with Crippen molar-refractivity contribution in [3.63, 3.8) is 0 Å². The molecule has 0 unspecified atom stereocenters. The van der Waals surface area contributed by atoms with Gasteiger partial charge in [-0.15, -0.1) is 11.3 Å². The minimum absolute atomic E-state index is 0.115. The van der Waals surface area contributed by atoms with Gasteiger partial charge in [-0.1, -0.05) is 56.3 Å². The van der Waals surface area contributed by atoms with E-state index in [1.165, 1.54) is 0 Å². The van der Waals surface area contributed by atoms with Crippen molar-refractivity contribution in [3.8, 4) is 27.3 Å². The van der Waals surface area contributed by atoms with Crippen molar-refractivity contribution in [1.29, 1.82) is 0 Å². The van der Waals surface area contributed by atoms with Gasteiger partial charge in [0.25, 0.3) is 5.56 Å². The van der Waals surface area contributed by atoms with E-state index in [0.717, 1.165) is 26.9 Å². The standard InChI is InChI=1S/C23H21NO2S/c1-15(2)14-26-22-18-13-17(16-7-4-3-5-8-16)10-11-19(18)24-23(25)21(22)20-9-6-12-27-20/h3-13,15H,14H2,1-2H3,(H,24,25). The highest BCUT2D eigenvalue weighted by Gasteiger charge is 2.18. The Morgan fingerprint density at radius 2 is 1.81 bits per heavy atom. The normalized spacial score (nSPS) is 11.2. The molecule has 0 aliphatic carbocycles. The van der Waals surface area contributed by atoms with E-state index in [0.29, 0.717) is 23.8 Å². The maximum Gasteiger partial charge on any atom is 0.260 e. The molecule has 136 valence electrons. The fourth-order valence-electron chi connectivity index (χ4n) is 3.12. The summed E-state index contributed by atoms with van der Waals surface area (Å²) < 4.78 is 6.19. The van der Waals surface area contributed by atoms with Crippen LogP contribution in [0.4, 0.5) is 0 Å². The molecule has 3 nitrogen and oxygen atoms in total. The first kappa shape index (κ1) is 17.6. The molecule has 0 spiro atoms. The summed E-state index contributed by atoms with van der Waals surface area (Å²) in [6, 6.07) is 20.2. The molecule has 2 aromatic heterocycles. The molecule has 0 saturated carbocycles. The third kappa shape index (κ3) is 3.53. The van der Waals surface area contributed by atoms with Crippen molar-refractivity contribution in [1.82, 2.24) is 4.98 Å². The number of aromatic amines is 1. The van der Waals surface area contributed by atoms with E-state index >= 15 is 0 Å². The van der Waals surface area contributed by atoms with Crippen LogP contribution in [0.2, 0.25) is 0 Å². The van der Waals surface area contributed by atoms with Gasteiger partial charge in [-0.3, -0.25) is 4.79 Å². The van der Waals surface area contributed by atoms with Crippen LogP contribution in [0.5, 0.6) is 5.75 Å². The number of hydrogen-bond acceptors (Lipinski definition) is 3. The molecule has 0 aliphatic rings. The molecule has 4 heteroatoms. The summed E-state index contributed by atoms with van der Waals surface area (Å²) in [5.41, 5.74) is 3.53. The summed E-state index contributed by atoms with van der Waals surface area (Å²) in [6.45, 7) is 4.78. The van der Waals surface area contributed by atoms with Crippen LogP contribution >= 0.6 is 11.3 Å². The first-order valence-corrected chi connectivity index (χ1v) is 9.93. The van der Waals surface area contributed by atoms with Gasteiger partial charge >= 0.3 is 0 Å². The SMILES string of the molecule is CC(C)COc1c(-c2cccs2)c(=O)[nH]c2ccc(-c3ccccc3)cc12. The first-order chi connectivity index (χ1) is 13.1. The Morgan fingerprint density at radius 3 is 2.52 bits per heavy atom. The van der Waals surface area contributed by atoms with E-state index in [9.17, 15) is 4.79 Å². The van der Waals surface area contributed by atoms with Crippen molar-refractivity contribution in [2.75, 3.05) is 6.61 Å². The smallest absolute Gasteiger partial charge is 0.260 e. The van der Waals surface area contributed by atoms with Crippen molar-refractivity contribution < 1.29 is 4.74 Å². The molecule has 2 aromatic carbocycles. The van der Waals surface area contributed by atoms with Crippen molar-refractivity contribution in [2.24, 2.45) is 5.92 Å². The molecular formula is C23H21NO2S. The van der Waals surface area contributed by atoms with Gasteiger partial charge in [0.15, 0.2) is 0 Å². The lowest BCUT2D eigenvalue weighted by Crippen LogP contribution is -2.13. The van der Waals surface area contributed by atoms with E-state index < -0.39 is 0 Å². The Kier molecular flexibility index (Phi) is 4.82. The maximum absolute atomic E-state index is 12.8. The number of ether oxygens (including phenoxy) is 1. The fraction of sp³-hybridized carbons (Fsp3) is 0.174. The second-order valence-electron chi connectivity index (χ2n) is 6.97. The number of benzene rings is 2. The van der Waals surface area contributed by atoms with Crippen molar-refractivity contribution in [2.45, 2.75) is 13.8 Å². The van der Waals surface area contributed by atoms with Crippen LogP contribution in [0.15, 0.2) is 70.8 Å². The number of pyridine rings is 1. The zero-order valence-corrected chi connectivity index (χ0v) is 16.2. The van der Waals surface area contributed by atoms with Gasteiger partial charge in [0.1, 0.15) is 5.75 Å². The molecular weight excluding hydrogens is 354 g/mol. The predicted octanol–water partition coefficient (Wildman–Crippen LogP) is 5.96. The molecule has 4 aromatic rings. The first-order valence-electron chi connectivity index (χ1n) is 9.05. The quantitative estimate of drug-likeness (QED) is 0.468. The molecule has 0 atom stereocenters. The number of H-pyrrole nitrogens is 1. The Hall–Kier alpha value is -2.85. The summed E-state index contributed by atoms with van der Waals surface area (Å²) in [5, 5.41) is 2.91. The van der Waals surface area contributed by atoms with Crippen molar-refractivity contribution in [3.05, 3.63) is 76.4 Å². The molecule has 0 saturated heterocycles. The van der Waals surface area contributed by atoms with E-state index in [2.05, 4.69) is 37.0 Å². The molecule has 2 heterocycles. The molecule has 27 heavy (non-hydrogen) atoms. The highest BCUT2D eigenvalue weighted by Crippen LogP contribution is 2.37. The number of hydrogen-bond donors (Lipinski definition) is 1. The molecule has 0 amide bonds. The van der Waals surface area contributed by atoms with Crippen molar-refractivity contribution >= 4 is 22.2 Å². The van der Waals surface area contributed by atoms with Crippen LogP contribution in [-0.2, 0) is 0 Å². The highest BCUT2D eigenvalue weighted by molar-refractivity contribution is 7.13. The highest BCUT2D eigenvalue weighted by atomic mass is 32.1. The topological polar surface area (TPSA) is 42.1 Å². The minimum atomic E-state index is -0.115. The molecule has 0 bridgehead atoms. The van der Waals surface area contributed by atoms with Crippen LogP contribution in [0, 0.1) is 5.92 Å². The van der Waals surface area contributed by atoms with Gasteiger partial charge < -0.3 is 9.72 Å². The fourth-order valence-corrected chi connectivity index (χ4v) is 3.88. The molecule has 0 radical (unpaired) electrons. The molecule has 1 N–H and O–H groups in total. The number of rotatable bonds is 5. The van der Waals surface area contributed by atoms with Gasteiger partial charge in [0, 0.05) is 10.3 Å². The predicted molar refractivity (Wildman–Crippen MR) is 114 cm³/mol. The summed E-state index contributed by atoms with van der Waals surface area (Å²) in [6.07, 6.45) is 0. The second-order valence-corrected chi connectivity index (χ2v) is 7.91. The lowest BCUT2D eigenvalue weighted by molar-refractivity contribution is 0.275. The zero-order valence-electron chi connectivity index (χ0n) is 15.4. The Morgan fingerprint density at radius 1 is 1.00 bits per heavy atom. The zero-order chi connectivity index (χ0) is 18.8. The monoisotopic (exact) mass is 375 g/mol. The van der Waals surface area contributed by atoms with Gasteiger partial charge in [-0.2, -0.15) is 0 Å². The van der Waals surface area contributed by atoms with E-state index in [-0.39, 0.29) is 5.56 Å². The average molecular weight is 375 g/mol. The average Bonchev–Trinajstić information content (AvgIpc) is 3.20. The summed E-state index contributed by atoms with van der Waals surface area (Å²) in [4.78, 5) is 16.8. The van der Waals surface area contributed by atoms with Crippen LogP contribution in [0.1, 0.15) is 13.8 Å². The molecule has 4 rings (SSSR count). The van der Waals surface area contributed by atoms with E-state index in [1.807, 2.05) is 47.8 Å². The Balaban J connectivity index is 1.97. The van der Waals surface area contributed by atoms with Gasteiger partial charge in [0.05, 0.1) is 17.7 Å². The van der Waals surface area contributed by atoms with Crippen LogP contribution in [0.3, 0.4) is 0 Å². The number of fused-ring (bicyclic) bond motifs is 1. The Bertz CT molecular complexity index is 1110. The van der Waals surface area contributed by atoms with Gasteiger partial charge in [-0.25, -0.2) is 0 Å². The summed E-state index contributed by atoms with van der Waals surface area (Å²) in [5.74, 6) is 1.04. The van der Waals surface area contributed by atoms with Crippen LogP contribution in [0.25, 0.3) is 32.5 Å². The van der Waals surface area contributed by atoms with E-state index in [4.69, 9.17) is 4.74 Å². The number of aromatic nitrogens is 1. The minimum Gasteiger partial charge on any atom is -0.492 e. The maximum atomic E-state index is 12.8. The number of thiophene rings is 1. The second kappa shape index (κ2) is 7.41. The molecule has 0 aliphatic heterocycles. The molecule has 0 fully saturated rings. The van der Waals surface area contributed by atoms with Crippen LogP contribution in [-0.4, -0.2) is 11.6 Å². The van der Waals surface area contributed by atoms with Gasteiger partial charge in [0.2, 0.25) is 0 Å².